The van der Waals surface area contributed by atoms with Crippen LogP contribution in [0.4, 0.5) is 0 Å². The molecule has 1 N–H and O–H groups in total. The van der Waals surface area contributed by atoms with Crippen molar-refractivity contribution < 1.29 is 9.47 Å². The smallest absolute Gasteiger partial charge is 0.162 e. The van der Waals surface area contributed by atoms with E-state index in [1.807, 2.05) is 6.92 Å². The van der Waals surface area contributed by atoms with Gasteiger partial charge in [0.25, 0.3) is 0 Å². The van der Waals surface area contributed by atoms with Gasteiger partial charge in [-0.3, -0.25) is 0 Å². The molecule has 0 unspecified atom stereocenters. The predicted molar refractivity (Wildman–Crippen MR) is 44.6 cm³/mol. The zero-order valence-corrected chi connectivity index (χ0v) is 7.55. The first kappa shape index (κ1) is 10.4. The largest absolute Gasteiger partial charge is 0.356 e. The van der Waals surface area contributed by atoms with E-state index in [4.69, 9.17) is 9.47 Å². The molecule has 0 radical (unpaired) electrons. The molecule has 0 aliphatic rings. The Bertz CT molecular complexity index is 122. The van der Waals surface area contributed by atoms with E-state index in [1.165, 1.54) is 0 Å². The maximum absolute atomic E-state index is 4.99. The molecule has 0 saturated carbocycles. The molecule has 0 amide bonds. The Hall–Kier alpha value is -0.610. The number of hydrazone groups is 1. The van der Waals surface area contributed by atoms with Crippen LogP contribution in [0.1, 0.15) is 13.3 Å². The van der Waals surface area contributed by atoms with E-state index in [9.17, 15) is 0 Å². The van der Waals surface area contributed by atoms with Gasteiger partial charge in [0.2, 0.25) is 0 Å². The second kappa shape index (κ2) is 6.12. The fourth-order valence-corrected chi connectivity index (χ4v) is 0.741. The van der Waals surface area contributed by atoms with Crippen molar-refractivity contribution in [3.05, 3.63) is 0 Å². The Morgan fingerprint density at radius 3 is 2.36 bits per heavy atom. The highest BCUT2D eigenvalue weighted by molar-refractivity contribution is 5.81. The van der Waals surface area contributed by atoms with Crippen LogP contribution >= 0.6 is 0 Å². The normalized spacial score (nSPS) is 12.3. The Morgan fingerprint density at radius 1 is 1.45 bits per heavy atom. The van der Waals surface area contributed by atoms with Crippen molar-refractivity contribution in [3.8, 4) is 0 Å². The molecule has 0 spiro atoms. The molecule has 0 aromatic rings. The van der Waals surface area contributed by atoms with Crippen LogP contribution in [0.3, 0.4) is 0 Å². The fourth-order valence-electron chi connectivity index (χ4n) is 0.741. The third kappa shape index (κ3) is 4.75. The van der Waals surface area contributed by atoms with E-state index < -0.39 is 0 Å². The molecular weight excluding hydrogens is 144 g/mol. The van der Waals surface area contributed by atoms with Crippen molar-refractivity contribution in [2.75, 3.05) is 21.3 Å². The number of hydrogen-bond acceptors (Lipinski definition) is 4. The summed E-state index contributed by atoms with van der Waals surface area (Å²) in [6.45, 7) is 1.92. The third-order valence-electron chi connectivity index (χ3n) is 1.29. The van der Waals surface area contributed by atoms with Crippen LogP contribution < -0.4 is 5.43 Å². The van der Waals surface area contributed by atoms with Crippen LogP contribution in [0, 0.1) is 0 Å². The van der Waals surface area contributed by atoms with E-state index in [2.05, 4.69) is 10.5 Å². The number of methoxy groups -OCH3 is 2. The lowest BCUT2D eigenvalue weighted by Crippen LogP contribution is -2.17. The lowest BCUT2D eigenvalue weighted by Gasteiger charge is -2.12. The number of ether oxygens (including phenoxy) is 2. The van der Waals surface area contributed by atoms with Gasteiger partial charge in [0.15, 0.2) is 6.29 Å². The van der Waals surface area contributed by atoms with Crippen molar-refractivity contribution in [1.82, 2.24) is 5.43 Å². The summed E-state index contributed by atoms with van der Waals surface area (Å²) in [5.41, 5.74) is 3.66. The maximum atomic E-state index is 4.99. The van der Waals surface area contributed by atoms with Gasteiger partial charge in [-0.05, 0) is 6.92 Å². The number of nitrogens with zero attached hydrogens (tertiary/aromatic N) is 1. The second-order valence-corrected chi connectivity index (χ2v) is 2.18. The fraction of sp³-hybridized carbons (Fsp3) is 0.857. The Kier molecular flexibility index (Phi) is 5.78. The molecule has 0 atom stereocenters. The van der Waals surface area contributed by atoms with Gasteiger partial charge >= 0.3 is 0 Å². The Balaban J connectivity index is 3.71. The first-order chi connectivity index (χ1) is 5.24. The number of nitrogens with one attached hydrogen (secondary N) is 1. The van der Waals surface area contributed by atoms with Gasteiger partial charge in [0.1, 0.15) is 0 Å². The maximum Gasteiger partial charge on any atom is 0.162 e. The average Bonchev–Trinajstić information content (AvgIpc) is 2.01. The van der Waals surface area contributed by atoms with E-state index in [0.717, 1.165) is 5.71 Å². The molecule has 0 heterocycles. The van der Waals surface area contributed by atoms with Crippen LogP contribution in [0.5, 0.6) is 0 Å². The van der Waals surface area contributed by atoms with Gasteiger partial charge in [-0.1, -0.05) is 0 Å². The van der Waals surface area contributed by atoms with Crippen LogP contribution in [0.25, 0.3) is 0 Å². The van der Waals surface area contributed by atoms with E-state index >= 15 is 0 Å². The minimum absolute atomic E-state index is 0.188. The van der Waals surface area contributed by atoms with E-state index in [0.29, 0.717) is 6.42 Å². The van der Waals surface area contributed by atoms with Crippen LogP contribution in [0.15, 0.2) is 5.10 Å². The highest BCUT2D eigenvalue weighted by Crippen LogP contribution is 1.98. The zero-order chi connectivity index (χ0) is 8.69. The van der Waals surface area contributed by atoms with Gasteiger partial charge in [0.05, 0.1) is 0 Å². The highest BCUT2D eigenvalue weighted by atomic mass is 16.7. The van der Waals surface area contributed by atoms with Gasteiger partial charge in [-0.15, -0.1) is 0 Å². The minimum Gasteiger partial charge on any atom is -0.356 e. The van der Waals surface area contributed by atoms with Crippen LogP contribution in [-0.4, -0.2) is 33.3 Å². The number of rotatable bonds is 5. The summed E-state index contributed by atoms with van der Waals surface area (Å²) in [6.07, 6.45) is 0.500. The molecule has 0 fully saturated rings. The molecular formula is C7H16N2O2. The van der Waals surface area contributed by atoms with Gasteiger partial charge < -0.3 is 14.9 Å². The molecule has 4 nitrogen and oxygen atoms in total. The molecule has 11 heavy (non-hydrogen) atoms. The van der Waals surface area contributed by atoms with Gasteiger partial charge in [-0.25, -0.2) is 0 Å². The van der Waals surface area contributed by atoms with Crippen molar-refractivity contribution in [2.45, 2.75) is 19.6 Å². The molecule has 0 rings (SSSR count). The SMILES string of the molecule is CN/N=C(/C)CC(OC)OC. The van der Waals surface area contributed by atoms with Crippen molar-refractivity contribution in [1.29, 1.82) is 0 Å². The first-order valence-electron chi connectivity index (χ1n) is 3.50. The Morgan fingerprint density at radius 2 is 2.00 bits per heavy atom. The minimum atomic E-state index is -0.188. The summed E-state index contributed by atoms with van der Waals surface area (Å²) >= 11 is 0. The average molecular weight is 160 g/mol. The Labute approximate surface area is 67.6 Å². The lowest BCUT2D eigenvalue weighted by atomic mass is 10.3. The summed E-state index contributed by atoms with van der Waals surface area (Å²) < 4.78 is 9.97. The molecule has 0 aromatic heterocycles. The molecule has 66 valence electrons. The summed E-state index contributed by atoms with van der Waals surface area (Å²) in [5, 5.41) is 3.97. The van der Waals surface area contributed by atoms with Crippen molar-refractivity contribution in [3.63, 3.8) is 0 Å². The highest BCUT2D eigenvalue weighted by Gasteiger charge is 2.05. The topological polar surface area (TPSA) is 42.9 Å². The summed E-state index contributed by atoms with van der Waals surface area (Å²) in [4.78, 5) is 0. The lowest BCUT2D eigenvalue weighted by molar-refractivity contribution is -0.0959. The van der Waals surface area contributed by atoms with Crippen molar-refractivity contribution >= 4 is 5.71 Å². The molecule has 0 aliphatic heterocycles. The quantitative estimate of drug-likeness (QED) is 0.363. The standard InChI is InChI=1S/C7H16N2O2/c1-6(9-8-2)5-7(10-3)11-4/h7-8H,5H2,1-4H3/b9-6-. The van der Waals surface area contributed by atoms with Crippen molar-refractivity contribution in [2.24, 2.45) is 5.10 Å². The molecule has 0 bridgehead atoms. The summed E-state index contributed by atoms with van der Waals surface area (Å²) in [5.74, 6) is 0. The van der Waals surface area contributed by atoms with E-state index in [-0.39, 0.29) is 6.29 Å². The molecule has 0 aromatic carbocycles. The zero-order valence-electron chi connectivity index (χ0n) is 7.55. The predicted octanol–water partition coefficient (Wildman–Crippen LogP) is 0.591. The van der Waals surface area contributed by atoms with Crippen LogP contribution in [0.2, 0.25) is 0 Å². The van der Waals surface area contributed by atoms with E-state index in [1.54, 1.807) is 21.3 Å². The molecule has 0 aliphatic carbocycles. The number of hydrogen-bond donors (Lipinski definition) is 1. The van der Waals surface area contributed by atoms with Crippen LogP contribution in [-0.2, 0) is 9.47 Å². The first-order valence-corrected chi connectivity index (χ1v) is 3.50. The monoisotopic (exact) mass is 160 g/mol. The third-order valence-corrected chi connectivity index (χ3v) is 1.29. The molecule has 4 heteroatoms. The van der Waals surface area contributed by atoms with Gasteiger partial charge in [-0.2, -0.15) is 5.10 Å². The second-order valence-electron chi connectivity index (χ2n) is 2.18. The van der Waals surface area contributed by atoms with Gasteiger partial charge in [0, 0.05) is 33.4 Å². The summed E-state index contributed by atoms with van der Waals surface area (Å²) in [6, 6.07) is 0. The molecule has 0 saturated heterocycles. The summed E-state index contributed by atoms with van der Waals surface area (Å²) in [7, 11) is 4.99.